The molecule has 0 saturated carbocycles. The molecule has 0 bridgehead atoms. The summed E-state index contributed by atoms with van der Waals surface area (Å²) >= 11 is 1.58. The van der Waals surface area contributed by atoms with E-state index in [0.29, 0.717) is 0 Å². The van der Waals surface area contributed by atoms with Crippen LogP contribution >= 0.6 is 11.3 Å². The van der Waals surface area contributed by atoms with E-state index in [4.69, 9.17) is 5.73 Å². The van der Waals surface area contributed by atoms with Gasteiger partial charge in [0.25, 0.3) is 0 Å². The number of aromatic nitrogens is 1. The first-order chi connectivity index (χ1) is 9.08. The Hall–Kier alpha value is -1.72. The third-order valence-electron chi connectivity index (χ3n) is 2.81. The standard InChI is InChI=1S/C14H17N3OS/c1-9-8-16-14(19-9)10(2)17-13(18)12(15)11-6-4-3-5-7-11/h3-8,10,12H,15H2,1-2H3,(H,17,18)/t10?,12-/m1/s1. The molecule has 5 heteroatoms. The third-order valence-corrected chi connectivity index (χ3v) is 3.90. The first-order valence-corrected chi connectivity index (χ1v) is 6.93. The summed E-state index contributed by atoms with van der Waals surface area (Å²) in [7, 11) is 0. The number of amides is 1. The summed E-state index contributed by atoms with van der Waals surface area (Å²) in [5.74, 6) is -0.188. The molecule has 1 unspecified atom stereocenters. The van der Waals surface area contributed by atoms with Gasteiger partial charge < -0.3 is 11.1 Å². The van der Waals surface area contributed by atoms with Crippen molar-refractivity contribution in [2.45, 2.75) is 25.9 Å². The van der Waals surface area contributed by atoms with E-state index < -0.39 is 6.04 Å². The van der Waals surface area contributed by atoms with Crippen LogP contribution in [0.1, 0.15) is 34.5 Å². The average Bonchev–Trinajstić information content (AvgIpc) is 2.85. The molecule has 1 aromatic heterocycles. The number of aryl methyl sites for hydroxylation is 1. The molecule has 2 atom stereocenters. The summed E-state index contributed by atoms with van der Waals surface area (Å²) in [6.07, 6.45) is 1.81. The lowest BCUT2D eigenvalue weighted by Crippen LogP contribution is -2.35. The molecule has 3 N–H and O–H groups in total. The predicted molar refractivity (Wildman–Crippen MR) is 76.8 cm³/mol. The van der Waals surface area contributed by atoms with Crippen molar-refractivity contribution in [3.63, 3.8) is 0 Å². The Labute approximate surface area is 116 Å². The number of nitrogens with one attached hydrogen (secondary N) is 1. The molecular weight excluding hydrogens is 258 g/mol. The van der Waals surface area contributed by atoms with Crippen LogP contribution in [0.25, 0.3) is 0 Å². The molecule has 0 radical (unpaired) electrons. The molecule has 1 aromatic carbocycles. The second-order valence-electron chi connectivity index (χ2n) is 4.43. The Balaban J connectivity index is 2.01. The van der Waals surface area contributed by atoms with Gasteiger partial charge in [0.2, 0.25) is 5.91 Å². The van der Waals surface area contributed by atoms with Crippen LogP contribution in [0.5, 0.6) is 0 Å². The highest BCUT2D eigenvalue weighted by atomic mass is 32.1. The van der Waals surface area contributed by atoms with Crippen molar-refractivity contribution in [1.29, 1.82) is 0 Å². The average molecular weight is 275 g/mol. The summed E-state index contributed by atoms with van der Waals surface area (Å²) in [6.45, 7) is 3.90. The van der Waals surface area contributed by atoms with E-state index in [9.17, 15) is 4.79 Å². The molecule has 100 valence electrons. The number of nitrogens with zero attached hydrogens (tertiary/aromatic N) is 1. The SMILES string of the molecule is Cc1cnc(C(C)NC(=O)[C@H](N)c2ccccc2)s1. The van der Waals surface area contributed by atoms with Crippen molar-refractivity contribution in [3.05, 3.63) is 52.0 Å². The largest absolute Gasteiger partial charge is 0.345 e. The van der Waals surface area contributed by atoms with E-state index in [1.54, 1.807) is 17.5 Å². The molecule has 1 heterocycles. The molecule has 0 aliphatic heterocycles. The van der Waals surface area contributed by atoms with Gasteiger partial charge in [0.15, 0.2) is 0 Å². The van der Waals surface area contributed by atoms with Crippen molar-refractivity contribution < 1.29 is 4.79 Å². The van der Waals surface area contributed by atoms with Crippen LogP contribution in [0.15, 0.2) is 36.5 Å². The van der Waals surface area contributed by atoms with Crippen LogP contribution in [0.2, 0.25) is 0 Å². The fraction of sp³-hybridized carbons (Fsp3) is 0.286. The monoisotopic (exact) mass is 275 g/mol. The van der Waals surface area contributed by atoms with Crippen LogP contribution in [0, 0.1) is 6.92 Å². The lowest BCUT2D eigenvalue weighted by Gasteiger charge is -2.16. The van der Waals surface area contributed by atoms with Gasteiger partial charge in [0, 0.05) is 11.1 Å². The zero-order valence-electron chi connectivity index (χ0n) is 11.0. The van der Waals surface area contributed by atoms with E-state index in [-0.39, 0.29) is 11.9 Å². The Bertz CT molecular complexity index is 553. The molecular formula is C14H17N3OS. The summed E-state index contributed by atoms with van der Waals surface area (Å²) in [6, 6.07) is 8.57. The maximum atomic E-state index is 12.1. The van der Waals surface area contributed by atoms with E-state index in [2.05, 4.69) is 10.3 Å². The number of hydrogen-bond donors (Lipinski definition) is 2. The van der Waals surface area contributed by atoms with Crippen molar-refractivity contribution in [1.82, 2.24) is 10.3 Å². The highest BCUT2D eigenvalue weighted by Gasteiger charge is 2.19. The van der Waals surface area contributed by atoms with Crippen LogP contribution in [-0.4, -0.2) is 10.9 Å². The number of thiazole rings is 1. The second kappa shape index (κ2) is 5.95. The van der Waals surface area contributed by atoms with E-state index in [0.717, 1.165) is 15.4 Å². The number of hydrogen-bond acceptors (Lipinski definition) is 4. The van der Waals surface area contributed by atoms with E-state index in [1.807, 2.05) is 44.2 Å². The van der Waals surface area contributed by atoms with Gasteiger partial charge >= 0.3 is 0 Å². The highest BCUT2D eigenvalue weighted by Crippen LogP contribution is 2.20. The van der Waals surface area contributed by atoms with Crippen molar-refractivity contribution in [3.8, 4) is 0 Å². The summed E-state index contributed by atoms with van der Waals surface area (Å²) in [5, 5.41) is 3.79. The summed E-state index contributed by atoms with van der Waals surface area (Å²) < 4.78 is 0. The van der Waals surface area contributed by atoms with Crippen molar-refractivity contribution in [2.24, 2.45) is 5.73 Å². The molecule has 2 aromatic rings. The van der Waals surface area contributed by atoms with E-state index in [1.165, 1.54) is 0 Å². The minimum Gasteiger partial charge on any atom is -0.345 e. The Kier molecular flexibility index (Phi) is 4.29. The fourth-order valence-corrected chi connectivity index (χ4v) is 2.53. The highest BCUT2D eigenvalue weighted by molar-refractivity contribution is 7.11. The van der Waals surface area contributed by atoms with Gasteiger partial charge in [0.1, 0.15) is 11.0 Å². The Morgan fingerprint density at radius 2 is 2.05 bits per heavy atom. The van der Waals surface area contributed by atoms with Crippen LogP contribution < -0.4 is 11.1 Å². The normalized spacial score (nSPS) is 13.8. The molecule has 2 rings (SSSR count). The maximum absolute atomic E-state index is 12.1. The number of carbonyl (C=O) groups excluding carboxylic acids is 1. The van der Waals surface area contributed by atoms with Gasteiger partial charge in [0.05, 0.1) is 6.04 Å². The van der Waals surface area contributed by atoms with E-state index >= 15 is 0 Å². The summed E-state index contributed by atoms with van der Waals surface area (Å²) in [5.41, 5.74) is 6.75. The van der Waals surface area contributed by atoms with Crippen molar-refractivity contribution >= 4 is 17.2 Å². The van der Waals surface area contributed by atoms with Gasteiger partial charge in [-0.05, 0) is 19.4 Å². The zero-order valence-corrected chi connectivity index (χ0v) is 11.8. The zero-order chi connectivity index (χ0) is 13.8. The van der Waals surface area contributed by atoms with Gasteiger partial charge in [-0.3, -0.25) is 4.79 Å². The van der Waals surface area contributed by atoms with Crippen LogP contribution in [-0.2, 0) is 4.79 Å². The minimum absolute atomic E-state index is 0.124. The fourth-order valence-electron chi connectivity index (χ4n) is 1.75. The third kappa shape index (κ3) is 3.39. The molecule has 0 saturated heterocycles. The van der Waals surface area contributed by atoms with Crippen LogP contribution in [0.3, 0.4) is 0 Å². The first-order valence-electron chi connectivity index (χ1n) is 6.11. The summed E-state index contributed by atoms with van der Waals surface area (Å²) in [4.78, 5) is 17.5. The minimum atomic E-state index is -0.648. The molecule has 0 fully saturated rings. The van der Waals surface area contributed by atoms with Gasteiger partial charge in [-0.15, -0.1) is 11.3 Å². The molecule has 19 heavy (non-hydrogen) atoms. The van der Waals surface area contributed by atoms with Crippen molar-refractivity contribution in [2.75, 3.05) is 0 Å². The maximum Gasteiger partial charge on any atom is 0.242 e. The molecule has 0 spiro atoms. The predicted octanol–water partition coefficient (Wildman–Crippen LogP) is 2.33. The molecule has 1 amide bonds. The Morgan fingerprint density at radius 1 is 1.37 bits per heavy atom. The number of carbonyl (C=O) groups is 1. The number of benzene rings is 1. The Morgan fingerprint density at radius 3 is 2.63 bits per heavy atom. The molecule has 0 aliphatic rings. The smallest absolute Gasteiger partial charge is 0.242 e. The van der Waals surface area contributed by atoms with Gasteiger partial charge in [-0.25, -0.2) is 4.98 Å². The lowest BCUT2D eigenvalue weighted by molar-refractivity contribution is -0.123. The number of rotatable bonds is 4. The quantitative estimate of drug-likeness (QED) is 0.900. The molecule has 4 nitrogen and oxygen atoms in total. The molecule has 0 aliphatic carbocycles. The number of nitrogens with two attached hydrogens (primary N) is 1. The second-order valence-corrected chi connectivity index (χ2v) is 5.69. The first kappa shape index (κ1) is 13.7. The van der Waals surface area contributed by atoms with Crippen LogP contribution in [0.4, 0.5) is 0 Å². The van der Waals surface area contributed by atoms with Gasteiger partial charge in [-0.2, -0.15) is 0 Å². The lowest BCUT2D eigenvalue weighted by atomic mass is 10.1. The topological polar surface area (TPSA) is 68.0 Å². The van der Waals surface area contributed by atoms with Gasteiger partial charge in [-0.1, -0.05) is 30.3 Å².